The van der Waals surface area contributed by atoms with E-state index in [1.807, 2.05) is 30.3 Å². The molecule has 1 aliphatic carbocycles. The van der Waals surface area contributed by atoms with Crippen molar-refractivity contribution < 1.29 is 43.2 Å². The Bertz CT molecular complexity index is 1640. The van der Waals surface area contributed by atoms with Crippen LogP contribution in [-0.4, -0.2) is 73.2 Å². The first kappa shape index (κ1) is 37.2. The number of aliphatic carboxylic acids is 1. The van der Waals surface area contributed by atoms with Crippen LogP contribution >= 0.6 is 0 Å². The van der Waals surface area contributed by atoms with Crippen LogP contribution in [-0.2, 0) is 25.5 Å². The molecule has 3 aromatic rings. The van der Waals surface area contributed by atoms with E-state index in [9.17, 15) is 19.2 Å². The van der Waals surface area contributed by atoms with Crippen LogP contribution in [0.1, 0.15) is 85.4 Å². The molecule has 0 spiro atoms. The predicted octanol–water partition coefficient (Wildman–Crippen LogP) is 6.14. The van der Waals surface area contributed by atoms with Gasteiger partial charge in [0.1, 0.15) is 23.9 Å². The Kier molecular flexibility index (Phi) is 13.3. The molecule has 2 amide bonds. The van der Waals surface area contributed by atoms with E-state index in [0.717, 1.165) is 50.5 Å². The molecule has 1 saturated heterocycles. The second kappa shape index (κ2) is 18.3. The van der Waals surface area contributed by atoms with Crippen LogP contribution in [0.5, 0.6) is 17.2 Å². The number of nitrogens with one attached hydrogen (secondary N) is 1. The summed E-state index contributed by atoms with van der Waals surface area (Å²) in [5.41, 5.74) is 2.05. The highest BCUT2D eigenvalue weighted by atomic mass is 16.5. The fourth-order valence-electron chi connectivity index (χ4n) is 7.08. The summed E-state index contributed by atoms with van der Waals surface area (Å²) >= 11 is 0. The van der Waals surface area contributed by atoms with E-state index < -0.39 is 36.7 Å². The van der Waals surface area contributed by atoms with Crippen molar-refractivity contribution in [2.45, 2.75) is 82.4 Å². The molecule has 2 N–H and O–H groups in total. The molecule has 0 bridgehead atoms. The van der Waals surface area contributed by atoms with Gasteiger partial charge in [-0.1, -0.05) is 55.7 Å². The van der Waals surface area contributed by atoms with E-state index in [1.54, 1.807) is 61.6 Å². The number of esters is 1. The van der Waals surface area contributed by atoms with E-state index in [0.29, 0.717) is 54.2 Å². The van der Waals surface area contributed by atoms with Crippen LogP contribution in [0, 0.1) is 5.92 Å². The maximum absolute atomic E-state index is 14.4. The van der Waals surface area contributed by atoms with E-state index in [4.69, 9.17) is 24.1 Å². The zero-order valence-electron chi connectivity index (χ0n) is 29.4. The number of hydrogen-bond donors (Lipinski definition) is 2. The maximum atomic E-state index is 14.4. The lowest BCUT2D eigenvalue weighted by Crippen LogP contribution is -2.58. The second-order valence-electron chi connectivity index (χ2n) is 13.2. The Hall–Kier alpha value is -5.06. The van der Waals surface area contributed by atoms with Gasteiger partial charge in [0.05, 0.1) is 14.2 Å². The summed E-state index contributed by atoms with van der Waals surface area (Å²) in [5, 5.41) is 12.2. The first-order valence-corrected chi connectivity index (χ1v) is 17.8. The van der Waals surface area contributed by atoms with Gasteiger partial charge >= 0.3 is 11.9 Å². The molecule has 2 aliphatic rings. The molecule has 3 atom stereocenters. The minimum atomic E-state index is -1.11. The number of likely N-dealkylation sites (tertiary alicyclic amines) is 1. The fourth-order valence-corrected chi connectivity index (χ4v) is 7.08. The monoisotopic (exact) mass is 700 g/mol. The average Bonchev–Trinajstić information content (AvgIpc) is 3.17. The van der Waals surface area contributed by atoms with Crippen molar-refractivity contribution in [3.63, 3.8) is 0 Å². The van der Waals surface area contributed by atoms with Crippen LogP contribution in [0.15, 0.2) is 72.8 Å². The smallest absolute Gasteiger partial charge is 0.341 e. The third-order valence-electron chi connectivity index (χ3n) is 9.76. The maximum Gasteiger partial charge on any atom is 0.341 e. The molecule has 11 heteroatoms. The Balaban J connectivity index is 1.38. The number of nitrogens with zero attached hydrogens (tertiary/aromatic N) is 1. The summed E-state index contributed by atoms with van der Waals surface area (Å²) in [5.74, 6) is -0.702. The molecule has 2 fully saturated rings. The van der Waals surface area contributed by atoms with Crippen molar-refractivity contribution in [2.75, 3.05) is 27.4 Å². The zero-order chi connectivity index (χ0) is 36.2. The Morgan fingerprint density at radius 2 is 1.59 bits per heavy atom. The molecule has 3 unspecified atom stereocenters. The third-order valence-corrected chi connectivity index (χ3v) is 9.76. The summed E-state index contributed by atoms with van der Waals surface area (Å²) in [7, 11) is 3.14. The van der Waals surface area contributed by atoms with Gasteiger partial charge in [-0.2, -0.15) is 0 Å². The highest BCUT2D eigenvalue weighted by Crippen LogP contribution is 2.33. The van der Waals surface area contributed by atoms with E-state index in [2.05, 4.69) is 5.32 Å². The number of ether oxygens (including phenoxy) is 4. The Morgan fingerprint density at radius 3 is 2.31 bits per heavy atom. The lowest BCUT2D eigenvalue weighted by molar-refractivity contribution is -0.163. The molecule has 5 rings (SSSR count). The van der Waals surface area contributed by atoms with Gasteiger partial charge in [-0.25, -0.2) is 9.59 Å². The van der Waals surface area contributed by atoms with Crippen molar-refractivity contribution in [3.8, 4) is 17.2 Å². The highest BCUT2D eigenvalue weighted by molar-refractivity contribution is 5.98. The molecular weight excluding hydrogens is 652 g/mol. The number of aryl methyl sites for hydroxylation is 1. The SMILES string of the molecule is COc1ccc(CCC(OC(=O)C2CCCCN2C(=O)C(NC(=O)c2ccccc2)C2CCCCC2)c2cccc(OCC(=O)O)c2)cc1OC. The number of carboxylic acids is 1. The van der Waals surface area contributed by atoms with Crippen molar-refractivity contribution >= 4 is 23.8 Å². The van der Waals surface area contributed by atoms with Gasteiger partial charge in [0.2, 0.25) is 5.91 Å². The van der Waals surface area contributed by atoms with Crippen molar-refractivity contribution in [3.05, 3.63) is 89.5 Å². The Labute approximate surface area is 299 Å². The van der Waals surface area contributed by atoms with Gasteiger partial charge in [-0.3, -0.25) is 9.59 Å². The van der Waals surface area contributed by atoms with Crippen molar-refractivity contribution in [1.82, 2.24) is 10.2 Å². The van der Waals surface area contributed by atoms with E-state index in [-0.39, 0.29) is 17.7 Å². The number of piperidine rings is 1. The summed E-state index contributed by atoms with van der Waals surface area (Å²) in [6, 6.07) is 19.8. The van der Waals surface area contributed by atoms with Gasteiger partial charge in [-0.05, 0) is 98.4 Å². The molecule has 11 nitrogen and oxygen atoms in total. The fraction of sp³-hybridized carbons (Fsp3) is 0.450. The quantitative estimate of drug-likeness (QED) is 0.179. The predicted molar refractivity (Wildman–Crippen MR) is 190 cm³/mol. The molecule has 0 radical (unpaired) electrons. The number of hydrogen-bond acceptors (Lipinski definition) is 8. The summed E-state index contributed by atoms with van der Waals surface area (Å²) in [6.45, 7) is -0.125. The number of carbonyl (C=O) groups is 4. The third kappa shape index (κ3) is 10.0. The van der Waals surface area contributed by atoms with Crippen LogP contribution in [0.25, 0.3) is 0 Å². The number of methoxy groups -OCH3 is 2. The van der Waals surface area contributed by atoms with E-state index >= 15 is 0 Å². The molecule has 3 aromatic carbocycles. The number of amides is 2. The van der Waals surface area contributed by atoms with Gasteiger partial charge < -0.3 is 34.3 Å². The van der Waals surface area contributed by atoms with Gasteiger partial charge in [0.25, 0.3) is 5.91 Å². The van der Waals surface area contributed by atoms with Crippen molar-refractivity contribution in [1.29, 1.82) is 0 Å². The van der Waals surface area contributed by atoms with Crippen LogP contribution in [0.2, 0.25) is 0 Å². The Morgan fingerprint density at radius 1 is 0.843 bits per heavy atom. The normalized spacial score (nSPS) is 17.5. The molecule has 1 heterocycles. The van der Waals surface area contributed by atoms with Gasteiger partial charge in [0.15, 0.2) is 18.1 Å². The lowest BCUT2D eigenvalue weighted by atomic mass is 9.82. The minimum Gasteiger partial charge on any atom is -0.493 e. The minimum absolute atomic E-state index is 0.0275. The van der Waals surface area contributed by atoms with Crippen LogP contribution < -0.4 is 19.5 Å². The van der Waals surface area contributed by atoms with Crippen LogP contribution in [0.3, 0.4) is 0 Å². The van der Waals surface area contributed by atoms with Crippen molar-refractivity contribution in [2.24, 2.45) is 5.92 Å². The molecule has 0 aromatic heterocycles. The summed E-state index contributed by atoms with van der Waals surface area (Å²) in [4.78, 5) is 54.8. The molecule has 1 aliphatic heterocycles. The largest absolute Gasteiger partial charge is 0.493 e. The van der Waals surface area contributed by atoms with Crippen LogP contribution in [0.4, 0.5) is 0 Å². The topological polar surface area (TPSA) is 141 Å². The molecule has 1 saturated carbocycles. The number of benzene rings is 3. The number of carbonyl (C=O) groups excluding carboxylic acids is 3. The number of carboxylic acid groups (broad SMARTS) is 1. The summed E-state index contributed by atoms with van der Waals surface area (Å²) < 4.78 is 22.6. The summed E-state index contributed by atoms with van der Waals surface area (Å²) in [6.07, 6.45) is 6.83. The zero-order valence-corrected chi connectivity index (χ0v) is 29.4. The first-order chi connectivity index (χ1) is 24.8. The number of rotatable bonds is 15. The highest BCUT2D eigenvalue weighted by Gasteiger charge is 2.41. The van der Waals surface area contributed by atoms with E-state index in [1.165, 1.54) is 0 Å². The molecule has 272 valence electrons. The van der Waals surface area contributed by atoms with Gasteiger partial charge in [-0.15, -0.1) is 0 Å². The average molecular weight is 701 g/mol. The van der Waals surface area contributed by atoms with Gasteiger partial charge in [0, 0.05) is 12.1 Å². The standard InChI is InChI=1S/C40H48N2O9/c1-48-34-22-20-27(24-35(34)49-2)19-21-33(30-16-11-17-31(25-30)50-26-36(43)44)51-40(47)32-18-9-10-23-42(32)39(46)37(28-12-5-3-6-13-28)41-38(45)29-14-7-4-8-15-29/h4,7-8,11,14-17,20,22,24-25,28,32-33,37H,3,5-6,9-10,12-13,18-19,21,23,26H2,1-2H3,(H,41,45)(H,43,44). The first-order valence-electron chi connectivity index (χ1n) is 17.8. The molecule has 51 heavy (non-hydrogen) atoms. The molecular formula is C40H48N2O9. The second-order valence-corrected chi connectivity index (χ2v) is 13.2. The lowest BCUT2D eigenvalue weighted by Gasteiger charge is -2.39.